The molecule has 0 spiro atoms. The largest absolute Gasteiger partial charge is 0.290 e. The van der Waals surface area contributed by atoms with Crippen LogP contribution in [0, 0.1) is 0 Å². The number of hydrogen-bond acceptors (Lipinski definition) is 2. The zero-order valence-electron chi connectivity index (χ0n) is 11.3. The van der Waals surface area contributed by atoms with E-state index in [4.69, 9.17) is 11.6 Å². The zero-order chi connectivity index (χ0) is 14.7. The van der Waals surface area contributed by atoms with E-state index in [0.717, 1.165) is 5.56 Å². The smallest absolute Gasteiger partial charge is 0.250 e. The summed E-state index contributed by atoms with van der Waals surface area (Å²) in [6.45, 7) is 3.49. The Morgan fingerprint density at radius 1 is 1.10 bits per heavy atom. The predicted octanol–water partition coefficient (Wildman–Crippen LogP) is 3.33. The quantitative estimate of drug-likeness (QED) is 0.783. The highest BCUT2D eigenvalue weighted by molar-refractivity contribution is 6.30. The van der Waals surface area contributed by atoms with Gasteiger partial charge in [-0.2, -0.15) is 0 Å². The maximum atomic E-state index is 11.9. The number of rotatable bonds is 2. The van der Waals surface area contributed by atoms with Crippen LogP contribution in [0.25, 0.3) is 0 Å². The molecule has 20 heavy (non-hydrogen) atoms. The van der Waals surface area contributed by atoms with Crippen molar-refractivity contribution in [1.29, 1.82) is 0 Å². The second-order valence-electron chi connectivity index (χ2n) is 4.71. The molecule has 1 amide bonds. The van der Waals surface area contributed by atoms with Gasteiger partial charge in [0.05, 0.1) is 12.1 Å². The minimum Gasteiger partial charge on any atom is -0.290 e. The molecule has 0 radical (unpaired) electrons. The number of benzene rings is 1. The van der Waals surface area contributed by atoms with E-state index >= 15 is 0 Å². The van der Waals surface area contributed by atoms with E-state index in [1.807, 2.05) is 0 Å². The van der Waals surface area contributed by atoms with Crippen LogP contribution in [0.1, 0.15) is 19.4 Å². The summed E-state index contributed by atoms with van der Waals surface area (Å²) in [4.78, 5) is 27.5. The molecule has 0 fully saturated rings. The van der Waals surface area contributed by atoms with Gasteiger partial charge in [-0.25, -0.2) is 4.99 Å². The maximum absolute atomic E-state index is 11.9. The number of allylic oxidation sites excluding steroid dienone is 4. The molecule has 0 N–H and O–H groups in total. The second-order valence-corrected chi connectivity index (χ2v) is 5.15. The van der Waals surface area contributed by atoms with Crippen molar-refractivity contribution < 1.29 is 9.59 Å². The first-order chi connectivity index (χ1) is 9.45. The third-order valence-electron chi connectivity index (χ3n) is 3.01. The predicted molar refractivity (Wildman–Crippen MR) is 80.1 cm³/mol. The van der Waals surface area contributed by atoms with Crippen LogP contribution in [0.2, 0.25) is 5.02 Å². The van der Waals surface area contributed by atoms with E-state index in [1.54, 1.807) is 44.2 Å². The average molecular weight is 288 g/mol. The number of carbonyl (C=O) groups excluding carboxylic acids is 2. The fraction of sp³-hybridized carbons (Fsp3) is 0.188. The Morgan fingerprint density at radius 2 is 1.75 bits per heavy atom. The molecule has 0 aliphatic heterocycles. The summed E-state index contributed by atoms with van der Waals surface area (Å²) < 4.78 is 0. The van der Waals surface area contributed by atoms with Crippen molar-refractivity contribution >= 4 is 29.0 Å². The van der Waals surface area contributed by atoms with Gasteiger partial charge in [-0.1, -0.05) is 23.7 Å². The van der Waals surface area contributed by atoms with Gasteiger partial charge in [-0.05, 0) is 54.8 Å². The number of aliphatic imine (C=N–C) groups is 1. The fourth-order valence-corrected chi connectivity index (χ4v) is 1.97. The van der Waals surface area contributed by atoms with E-state index in [2.05, 4.69) is 4.99 Å². The fourth-order valence-electron chi connectivity index (χ4n) is 1.85. The third kappa shape index (κ3) is 3.52. The normalized spacial score (nSPS) is 16.9. The summed E-state index contributed by atoms with van der Waals surface area (Å²) in [7, 11) is 0. The SMILES string of the molecule is CC1=CC(=NC(=O)Cc2ccc(Cl)cc2)C(C)=CC1=O. The number of nitrogens with zero attached hydrogens (tertiary/aromatic N) is 1. The Labute approximate surface area is 122 Å². The van der Waals surface area contributed by atoms with Crippen molar-refractivity contribution in [3.05, 3.63) is 58.1 Å². The molecule has 0 unspecified atom stereocenters. The summed E-state index contributed by atoms with van der Waals surface area (Å²) >= 11 is 5.79. The summed E-state index contributed by atoms with van der Waals surface area (Å²) in [6.07, 6.45) is 3.37. The second kappa shape index (κ2) is 5.97. The lowest BCUT2D eigenvalue weighted by Gasteiger charge is -2.09. The first-order valence-electron chi connectivity index (χ1n) is 6.23. The van der Waals surface area contributed by atoms with Crippen LogP contribution in [-0.2, 0) is 16.0 Å². The Hall–Kier alpha value is -2.00. The van der Waals surface area contributed by atoms with E-state index < -0.39 is 0 Å². The van der Waals surface area contributed by atoms with Crippen LogP contribution in [-0.4, -0.2) is 17.4 Å². The highest BCUT2D eigenvalue weighted by Crippen LogP contribution is 2.14. The standard InChI is InChI=1S/C16H14ClNO2/c1-10-8-15(19)11(2)7-14(10)18-16(20)9-12-3-5-13(17)6-4-12/h3-8H,9H2,1-2H3. The molecule has 1 aliphatic rings. The Kier molecular flexibility index (Phi) is 4.30. The number of ketones is 1. The molecule has 0 saturated carbocycles. The Bertz CT molecular complexity index is 652. The molecule has 102 valence electrons. The Balaban J connectivity index is 2.14. The van der Waals surface area contributed by atoms with Crippen LogP contribution < -0.4 is 0 Å². The molecule has 0 atom stereocenters. The average Bonchev–Trinajstić information content (AvgIpc) is 2.39. The molecule has 0 saturated heterocycles. The van der Waals surface area contributed by atoms with Crippen LogP contribution >= 0.6 is 11.6 Å². The lowest BCUT2D eigenvalue weighted by Crippen LogP contribution is -2.12. The molecule has 3 nitrogen and oxygen atoms in total. The van der Waals surface area contributed by atoms with Gasteiger partial charge in [0.1, 0.15) is 0 Å². The van der Waals surface area contributed by atoms with Crippen LogP contribution in [0.5, 0.6) is 0 Å². The highest BCUT2D eigenvalue weighted by Gasteiger charge is 2.14. The summed E-state index contributed by atoms with van der Waals surface area (Å²) in [5, 5.41) is 0.635. The van der Waals surface area contributed by atoms with E-state index in [1.165, 1.54) is 6.08 Å². The topological polar surface area (TPSA) is 46.5 Å². The molecule has 0 heterocycles. The van der Waals surface area contributed by atoms with E-state index in [0.29, 0.717) is 21.9 Å². The van der Waals surface area contributed by atoms with Crippen LogP contribution in [0.4, 0.5) is 0 Å². The van der Waals surface area contributed by atoms with Crippen molar-refractivity contribution in [3.8, 4) is 0 Å². The van der Waals surface area contributed by atoms with Gasteiger partial charge >= 0.3 is 0 Å². The first kappa shape index (κ1) is 14.4. The van der Waals surface area contributed by atoms with Crippen molar-refractivity contribution in [2.24, 2.45) is 4.99 Å². The van der Waals surface area contributed by atoms with Gasteiger partial charge in [0.25, 0.3) is 5.91 Å². The van der Waals surface area contributed by atoms with Gasteiger partial charge in [0.2, 0.25) is 0 Å². The summed E-state index contributed by atoms with van der Waals surface area (Å²) in [6, 6.07) is 7.08. The van der Waals surface area contributed by atoms with Crippen LogP contribution in [0.3, 0.4) is 0 Å². The number of halogens is 1. The number of amides is 1. The van der Waals surface area contributed by atoms with E-state index in [9.17, 15) is 9.59 Å². The van der Waals surface area contributed by atoms with Crippen molar-refractivity contribution in [2.75, 3.05) is 0 Å². The van der Waals surface area contributed by atoms with Crippen molar-refractivity contribution in [1.82, 2.24) is 0 Å². The molecular weight excluding hydrogens is 274 g/mol. The van der Waals surface area contributed by atoms with Gasteiger partial charge in [-0.3, -0.25) is 9.59 Å². The van der Waals surface area contributed by atoms with Gasteiger partial charge in [0.15, 0.2) is 5.78 Å². The van der Waals surface area contributed by atoms with Gasteiger partial charge in [0, 0.05) is 5.02 Å². The minimum absolute atomic E-state index is 0.0356. The monoisotopic (exact) mass is 287 g/mol. The van der Waals surface area contributed by atoms with Crippen molar-refractivity contribution in [3.63, 3.8) is 0 Å². The highest BCUT2D eigenvalue weighted by atomic mass is 35.5. The van der Waals surface area contributed by atoms with Gasteiger partial charge in [-0.15, -0.1) is 0 Å². The first-order valence-corrected chi connectivity index (χ1v) is 6.61. The lowest BCUT2D eigenvalue weighted by atomic mass is 9.98. The molecule has 1 aliphatic carbocycles. The lowest BCUT2D eigenvalue weighted by molar-refractivity contribution is -0.117. The molecule has 0 bridgehead atoms. The zero-order valence-corrected chi connectivity index (χ0v) is 12.1. The minimum atomic E-state index is -0.242. The van der Waals surface area contributed by atoms with E-state index in [-0.39, 0.29) is 18.1 Å². The molecular formula is C16H14ClNO2. The summed E-state index contributed by atoms with van der Waals surface area (Å²) in [5.74, 6) is -0.278. The third-order valence-corrected chi connectivity index (χ3v) is 3.26. The number of hydrogen-bond donors (Lipinski definition) is 0. The number of carbonyl (C=O) groups is 2. The van der Waals surface area contributed by atoms with Crippen molar-refractivity contribution in [2.45, 2.75) is 20.3 Å². The molecule has 0 aromatic heterocycles. The van der Waals surface area contributed by atoms with Crippen LogP contribution in [0.15, 0.2) is 52.6 Å². The van der Waals surface area contributed by atoms with Gasteiger partial charge < -0.3 is 0 Å². The molecule has 2 rings (SSSR count). The molecule has 4 heteroatoms. The Morgan fingerprint density at radius 3 is 2.40 bits per heavy atom. The maximum Gasteiger partial charge on any atom is 0.250 e. The summed E-state index contributed by atoms with van der Waals surface area (Å²) in [5.41, 5.74) is 2.72. The molecule has 1 aromatic rings. The molecule has 1 aromatic carbocycles.